The lowest BCUT2D eigenvalue weighted by Gasteiger charge is -2.34. The number of urea groups is 1. The number of benzene rings is 1. The van der Waals surface area contributed by atoms with E-state index in [1.165, 1.54) is 4.90 Å². The molecular weight excluding hydrogens is 372 g/mol. The van der Waals surface area contributed by atoms with Crippen LogP contribution in [-0.2, 0) is 9.53 Å². The Morgan fingerprint density at radius 2 is 1.90 bits per heavy atom. The molecule has 1 aromatic rings. The highest BCUT2D eigenvalue weighted by molar-refractivity contribution is 5.93. The maximum atomic E-state index is 12.5. The van der Waals surface area contributed by atoms with Gasteiger partial charge in [-0.25, -0.2) is 9.59 Å². The maximum Gasteiger partial charge on any atom is 0.414 e. The van der Waals surface area contributed by atoms with Crippen LogP contribution < -0.4 is 15.5 Å². The molecule has 0 saturated carbocycles. The van der Waals surface area contributed by atoms with Crippen LogP contribution in [0.3, 0.4) is 0 Å². The first kappa shape index (κ1) is 21.0. The number of nitrogens with zero attached hydrogens (tertiary/aromatic N) is 2. The van der Waals surface area contributed by atoms with Gasteiger partial charge in [0.25, 0.3) is 0 Å². The first-order valence-electron chi connectivity index (χ1n) is 10.4. The van der Waals surface area contributed by atoms with Crippen molar-refractivity contribution in [1.82, 2.24) is 10.2 Å². The summed E-state index contributed by atoms with van der Waals surface area (Å²) >= 11 is 0. The normalized spacial score (nSPS) is 17.4. The molecule has 158 valence electrons. The Morgan fingerprint density at radius 3 is 2.52 bits per heavy atom. The number of rotatable bonds is 6. The van der Waals surface area contributed by atoms with Crippen molar-refractivity contribution < 1.29 is 19.1 Å². The van der Waals surface area contributed by atoms with Crippen LogP contribution >= 0.6 is 0 Å². The van der Waals surface area contributed by atoms with E-state index in [0.717, 1.165) is 25.7 Å². The van der Waals surface area contributed by atoms with E-state index in [-0.39, 0.29) is 30.0 Å². The van der Waals surface area contributed by atoms with Crippen molar-refractivity contribution in [3.8, 4) is 0 Å². The molecule has 0 spiro atoms. The molecule has 0 bridgehead atoms. The fraction of sp³-hybridized carbons (Fsp3) is 0.571. The molecule has 2 N–H and O–H groups in total. The summed E-state index contributed by atoms with van der Waals surface area (Å²) in [6.45, 7) is 6.32. The summed E-state index contributed by atoms with van der Waals surface area (Å²) in [5, 5.41) is 5.82. The van der Waals surface area contributed by atoms with Gasteiger partial charge >= 0.3 is 12.1 Å². The summed E-state index contributed by atoms with van der Waals surface area (Å²) in [6, 6.07) is 6.89. The number of ether oxygens (including phenoxy) is 1. The van der Waals surface area contributed by atoms with Crippen molar-refractivity contribution in [2.24, 2.45) is 5.92 Å². The lowest BCUT2D eigenvalue weighted by atomic mass is 9.98. The van der Waals surface area contributed by atoms with E-state index in [1.54, 1.807) is 18.2 Å². The molecule has 8 nitrogen and oxygen atoms in total. The first-order chi connectivity index (χ1) is 14.0. The van der Waals surface area contributed by atoms with Crippen molar-refractivity contribution in [2.45, 2.75) is 45.6 Å². The van der Waals surface area contributed by atoms with Gasteiger partial charge in [0.15, 0.2) is 0 Å². The largest absolute Gasteiger partial charge is 0.447 e. The minimum absolute atomic E-state index is 0.0393. The molecule has 0 aromatic heterocycles. The van der Waals surface area contributed by atoms with Crippen LogP contribution in [-0.4, -0.2) is 55.2 Å². The summed E-state index contributed by atoms with van der Waals surface area (Å²) in [5.74, 6) is 0.332. The molecule has 2 fully saturated rings. The van der Waals surface area contributed by atoms with Crippen LogP contribution in [0.2, 0.25) is 0 Å². The number of amides is 4. The molecule has 3 rings (SSSR count). The van der Waals surface area contributed by atoms with Crippen molar-refractivity contribution >= 4 is 29.4 Å². The van der Waals surface area contributed by atoms with Crippen LogP contribution in [0, 0.1) is 5.92 Å². The van der Waals surface area contributed by atoms with Crippen LogP contribution in [0.5, 0.6) is 0 Å². The predicted molar refractivity (Wildman–Crippen MR) is 111 cm³/mol. The zero-order valence-electron chi connectivity index (χ0n) is 17.1. The number of anilines is 2. The van der Waals surface area contributed by atoms with E-state index < -0.39 is 0 Å². The van der Waals surface area contributed by atoms with Crippen molar-refractivity contribution in [3.63, 3.8) is 0 Å². The zero-order chi connectivity index (χ0) is 20.8. The van der Waals surface area contributed by atoms with Gasteiger partial charge < -0.3 is 20.3 Å². The molecule has 29 heavy (non-hydrogen) atoms. The van der Waals surface area contributed by atoms with Gasteiger partial charge in [0.1, 0.15) is 6.61 Å². The van der Waals surface area contributed by atoms with E-state index in [0.29, 0.717) is 37.6 Å². The third-order valence-electron chi connectivity index (χ3n) is 5.65. The topological polar surface area (TPSA) is 91.0 Å². The number of cyclic esters (lactones) is 1. The molecule has 2 aliphatic rings. The molecule has 2 heterocycles. The Bertz CT molecular complexity index is 742. The van der Waals surface area contributed by atoms with Crippen molar-refractivity contribution in [3.05, 3.63) is 24.3 Å². The molecule has 1 aromatic carbocycles. The minimum atomic E-state index is -0.374. The highest BCUT2D eigenvalue weighted by Crippen LogP contribution is 2.22. The third-order valence-corrected chi connectivity index (χ3v) is 5.65. The zero-order valence-corrected chi connectivity index (χ0v) is 17.1. The third kappa shape index (κ3) is 5.19. The fourth-order valence-corrected chi connectivity index (χ4v) is 3.87. The molecule has 2 aliphatic heterocycles. The summed E-state index contributed by atoms with van der Waals surface area (Å²) in [5.41, 5.74) is 1.31. The quantitative estimate of drug-likeness (QED) is 0.765. The minimum Gasteiger partial charge on any atom is -0.447 e. The van der Waals surface area contributed by atoms with Gasteiger partial charge in [-0.15, -0.1) is 0 Å². The average Bonchev–Trinajstić information content (AvgIpc) is 3.15. The summed E-state index contributed by atoms with van der Waals surface area (Å²) in [6.07, 6.45) is 2.85. The smallest absolute Gasteiger partial charge is 0.414 e. The van der Waals surface area contributed by atoms with Gasteiger partial charge in [-0.2, -0.15) is 0 Å². The van der Waals surface area contributed by atoms with Gasteiger partial charge in [-0.1, -0.05) is 19.9 Å². The van der Waals surface area contributed by atoms with Gasteiger partial charge in [0, 0.05) is 36.4 Å². The standard InChI is InChI=1S/C21H30N4O4/c1-3-15(4-2)19(26)24-10-8-16(9-11-24)22-20(27)23-17-6-5-7-18(14-17)25-12-13-29-21(25)28/h5-7,14-16H,3-4,8-13H2,1-2H3,(H2,22,23,27). The SMILES string of the molecule is CCC(CC)C(=O)N1CCC(NC(=O)Nc2cccc(N3CCOC3=O)c2)CC1. The fourth-order valence-electron chi connectivity index (χ4n) is 3.87. The predicted octanol–water partition coefficient (Wildman–Crippen LogP) is 3.19. The van der Waals surface area contributed by atoms with Crippen molar-refractivity contribution in [1.29, 1.82) is 0 Å². The van der Waals surface area contributed by atoms with Gasteiger partial charge in [0.2, 0.25) is 5.91 Å². The van der Waals surface area contributed by atoms with Gasteiger partial charge in [-0.3, -0.25) is 9.69 Å². The first-order valence-corrected chi connectivity index (χ1v) is 10.4. The van der Waals surface area contributed by atoms with Crippen LogP contribution in [0.15, 0.2) is 24.3 Å². The van der Waals surface area contributed by atoms with E-state index in [9.17, 15) is 14.4 Å². The second-order valence-corrected chi connectivity index (χ2v) is 7.53. The Balaban J connectivity index is 1.48. The number of piperidine rings is 1. The Morgan fingerprint density at radius 1 is 1.17 bits per heavy atom. The van der Waals surface area contributed by atoms with Crippen LogP contribution in [0.1, 0.15) is 39.5 Å². The maximum absolute atomic E-state index is 12.5. The highest BCUT2D eigenvalue weighted by Gasteiger charge is 2.27. The Labute approximate surface area is 171 Å². The average molecular weight is 402 g/mol. The van der Waals surface area contributed by atoms with Gasteiger partial charge in [0.05, 0.1) is 6.54 Å². The second-order valence-electron chi connectivity index (χ2n) is 7.53. The van der Waals surface area contributed by atoms with Crippen LogP contribution in [0.25, 0.3) is 0 Å². The van der Waals surface area contributed by atoms with Crippen LogP contribution in [0.4, 0.5) is 21.0 Å². The van der Waals surface area contributed by atoms with Crippen molar-refractivity contribution in [2.75, 3.05) is 36.5 Å². The molecule has 0 atom stereocenters. The van der Waals surface area contributed by atoms with E-state index in [2.05, 4.69) is 10.6 Å². The Hall–Kier alpha value is -2.77. The van der Waals surface area contributed by atoms with Gasteiger partial charge in [-0.05, 0) is 43.9 Å². The number of hydrogen-bond acceptors (Lipinski definition) is 4. The number of nitrogens with one attached hydrogen (secondary N) is 2. The second kappa shape index (κ2) is 9.62. The van der Waals surface area contributed by atoms with E-state index >= 15 is 0 Å². The molecule has 0 radical (unpaired) electrons. The van der Waals surface area contributed by atoms with E-state index in [4.69, 9.17) is 4.74 Å². The number of hydrogen-bond donors (Lipinski definition) is 2. The Kier molecular flexibility index (Phi) is 6.95. The number of carbonyl (C=O) groups is 3. The lowest BCUT2D eigenvalue weighted by molar-refractivity contribution is -0.136. The monoisotopic (exact) mass is 402 g/mol. The highest BCUT2D eigenvalue weighted by atomic mass is 16.6. The summed E-state index contributed by atoms with van der Waals surface area (Å²) < 4.78 is 4.96. The summed E-state index contributed by atoms with van der Waals surface area (Å²) in [4.78, 5) is 40.0. The number of likely N-dealkylation sites (tertiary alicyclic amines) is 1. The summed E-state index contributed by atoms with van der Waals surface area (Å²) in [7, 11) is 0. The molecule has 0 aliphatic carbocycles. The number of carbonyl (C=O) groups excluding carboxylic acids is 3. The lowest BCUT2D eigenvalue weighted by Crippen LogP contribution is -2.48. The molecule has 8 heteroatoms. The molecule has 4 amide bonds. The molecular formula is C21H30N4O4. The van der Waals surface area contributed by atoms with E-state index in [1.807, 2.05) is 24.8 Å². The molecule has 2 saturated heterocycles. The molecule has 0 unspecified atom stereocenters.